The Bertz CT molecular complexity index is 1100. The minimum Gasteiger partial charge on any atom is -0.493 e. The van der Waals surface area contributed by atoms with E-state index < -0.39 is 0 Å². The third-order valence-corrected chi connectivity index (χ3v) is 6.40. The second kappa shape index (κ2) is 10.1. The highest BCUT2D eigenvalue weighted by Gasteiger charge is 2.34. The molecule has 4 rings (SSSR count). The predicted molar refractivity (Wildman–Crippen MR) is 131 cm³/mol. The topological polar surface area (TPSA) is 50.8 Å². The summed E-state index contributed by atoms with van der Waals surface area (Å²) < 4.78 is 11.2. The Balaban J connectivity index is 1.67. The molecule has 2 atom stereocenters. The number of nitrogens with one attached hydrogen (secondary N) is 1. The normalized spacial score (nSPS) is 16.5. The van der Waals surface area contributed by atoms with Gasteiger partial charge in [0.05, 0.1) is 20.3 Å². The van der Waals surface area contributed by atoms with Crippen LogP contribution < -0.4 is 14.8 Å². The zero-order valence-electron chi connectivity index (χ0n) is 19.8. The van der Waals surface area contributed by atoms with E-state index in [0.29, 0.717) is 11.3 Å². The standard InChI is InChI=1S/C28H32N2O3/c1-19-10-12-22(13-11-19)28(31)29-20(2)27-24-17-26(33-4)25(32-3)16-23(24)14-15-30(27)18-21-8-6-5-7-9-21/h5-13,16-17,20,27H,14-15,18H2,1-4H3,(H,29,31)/t20-,27-/m1/s1. The lowest BCUT2D eigenvalue weighted by molar-refractivity contribution is 0.0877. The maximum Gasteiger partial charge on any atom is 0.251 e. The van der Waals surface area contributed by atoms with Crippen molar-refractivity contribution in [2.24, 2.45) is 0 Å². The second-order valence-electron chi connectivity index (χ2n) is 8.69. The summed E-state index contributed by atoms with van der Waals surface area (Å²) in [5.41, 5.74) is 5.47. The van der Waals surface area contributed by atoms with Gasteiger partial charge in [0, 0.05) is 24.7 Å². The fourth-order valence-corrected chi connectivity index (χ4v) is 4.68. The monoisotopic (exact) mass is 444 g/mol. The highest BCUT2D eigenvalue weighted by atomic mass is 16.5. The number of hydrogen-bond acceptors (Lipinski definition) is 4. The van der Waals surface area contributed by atoms with Crippen molar-refractivity contribution in [3.63, 3.8) is 0 Å². The number of methoxy groups -OCH3 is 2. The van der Waals surface area contributed by atoms with Crippen molar-refractivity contribution in [3.8, 4) is 11.5 Å². The number of amides is 1. The van der Waals surface area contributed by atoms with E-state index >= 15 is 0 Å². The quantitative estimate of drug-likeness (QED) is 0.561. The van der Waals surface area contributed by atoms with Gasteiger partial charge in [0.15, 0.2) is 11.5 Å². The van der Waals surface area contributed by atoms with Gasteiger partial charge in [-0.3, -0.25) is 9.69 Å². The molecule has 0 saturated heterocycles. The zero-order chi connectivity index (χ0) is 23.4. The number of benzene rings is 3. The molecule has 1 aliphatic heterocycles. The molecule has 3 aromatic rings. The van der Waals surface area contributed by atoms with Gasteiger partial charge in [0.1, 0.15) is 0 Å². The van der Waals surface area contributed by atoms with Crippen molar-refractivity contribution < 1.29 is 14.3 Å². The Morgan fingerprint density at radius 1 is 1.03 bits per heavy atom. The molecule has 1 aliphatic rings. The van der Waals surface area contributed by atoms with Gasteiger partial charge in [-0.2, -0.15) is 0 Å². The molecule has 172 valence electrons. The van der Waals surface area contributed by atoms with Crippen LogP contribution in [0, 0.1) is 6.92 Å². The van der Waals surface area contributed by atoms with E-state index in [9.17, 15) is 4.79 Å². The average molecular weight is 445 g/mol. The van der Waals surface area contributed by atoms with Crippen LogP contribution in [-0.4, -0.2) is 37.6 Å². The Labute approximate surface area is 196 Å². The molecule has 3 aromatic carbocycles. The summed E-state index contributed by atoms with van der Waals surface area (Å²) in [6, 6.07) is 22.2. The largest absolute Gasteiger partial charge is 0.493 e. The first kappa shape index (κ1) is 22.9. The SMILES string of the molecule is COc1cc2c(cc1OC)[C@@H]([C@@H](C)NC(=O)c1ccc(C)cc1)N(Cc1ccccc1)CC2. The van der Waals surface area contributed by atoms with Crippen molar-refractivity contribution in [1.82, 2.24) is 10.2 Å². The second-order valence-corrected chi connectivity index (χ2v) is 8.69. The zero-order valence-corrected chi connectivity index (χ0v) is 19.8. The highest BCUT2D eigenvalue weighted by molar-refractivity contribution is 5.94. The Morgan fingerprint density at radius 3 is 2.36 bits per heavy atom. The number of aryl methyl sites for hydroxylation is 1. The molecule has 0 aliphatic carbocycles. The van der Waals surface area contributed by atoms with Crippen LogP contribution in [-0.2, 0) is 13.0 Å². The number of fused-ring (bicyclic) bond motifs is 1. The lowest BCUT2D eigenvalue weighted by Crippen LogP contribution is -2.47. The summed E-state index contributed by atoms with van der Waals surface area (Å²) in [5.74, 6) is 1.39. The molecule has 1 N–H and O–H groups in total. The van der Waals surface area contributed by atoms with Gasteiger partial charge in [-0.1, -0.05) is 48.0 Å². The minimum absolute atomic E-state index is 0.00293. The molecular weight excluding hydrogens is 412 g/mol. The van der Waals surface area contributed by atoms with Gasteiger partial charge in [0.25, 0.3) is 5.91 Å². The summed E-state index contributed by atoms with van der Waals surface area (Å²) in [4.78, 5) is 15.5. The summed E-state index contributed by atoms with van der Waals surface area (Å²) >= 11 is 0. The molecule has 0 bridgehead atoms. The van der Waals surface area contributed by atoms with Gasteiger partial charge in [0.2, 0.25) is 0 Å². The first-order valence-corrected chi connectivity index (χ1v) is 11.4. The molecule has 0 radical (unpaired) electrons. The lowest BCUT2D eigenvalue weighted by Gasteiger charge is -2.41. The van der Waals surface area contributed by atoms with Crippen molar-refractivity contribution >= 4 is 5.91 Å². The highest BCUT2D eigenvalue weighted by Crippen LogP contribution is 2.40. The first-order chi connectivity index (χ1) is 16.0. The Hall–Kier alpha value is -3.31. The van der Waals surface area contributed by atoms with E-state index in [1.54, 1.807) is 14.2 Å². The van der Waals surface area contributed by atoms with E-state index in [1.165, 1.54) is 16.7 Å². The minimum atomic E-state index is -0.111. The summed E-state index contributed by atoms with van der Waals surface area (Å²) in [6.45, 7) is 5.81. The summed E-state index contributed by atoms with van der Waals surface area (Å²) in [5, 5.41) is 3.26. The molecule has 33 heavy (non-hydrogen) atoms. The van der Waals surface area contributed by atoms with Crippen molar-refractivity contribution in [3.05, 3.63) is 94.5 Å². The number of carbonyl (C=O) groups is 1. The molecule has 1 heterocycles. The molecule has 0 aromatic heterocycles. The van der Waals surface area contributed by atoms with Crippen molar-refractivity contribution in [2.75, 3.05) is 20.8 Å². The maximum atomic E-state index is 13.0. The lowest BCUT2D eigenvalue weighted by atomic mass is 9.87. The molecule has 0 fully saturated rings. The maximum absolute atomic E-state index is 13.0. The number of nitrogens with zero attached hydrogens (tertiary/aromatic N) is 1. The number of ether oxygens (including phenoxy) is 2. The third kappa shape index (κ3) is 5.04. The summed E-state index contributed by atoms with van der Waals surface area (Å²) in [7, 11) is 3.32. The molecule has 0 spiro atoms. The van der Waals surface area contributed by atoms with Gasteiger partial charge in [-0.15, -0.1) is 0 Å². The van der Waals surface area contributed by atoms with E-state index in [4.69, 9.17) is 9.47 Å². The van der Waals surface area contributed by atoms with Crippen LogP contribution in [0.3, 0.4) is 0 Å². The molecule has 0 unspecified atom stereocenters. The van der Waals surface area contributed by atoms with Gasteiger partial charge >= 0.3 is 0 Å². The van der Waals surface area contributed by atoms with Gasteiger partial charge in [-0.25, -0.2) is 0 Å². The Kier molecular flexibility index (Phi) is 6.99. The van der Waals surface area contributed by atoms with Crippen LogP contribution in [0.4, 0.5) is 0 Å². The van der Waals surface area contributed by atoms with Crippen molar-refractivity contribution in [2.45, 2.75) is 38.9 Å². The van der Waals surface area contributed by atoms with Gasteiger partial charge in [-0.05, 0) is 61.2 Å². The van der Waals surface area contributed by atoms with Crippen LogP contribution in [0.5, 0.6) is 11.5 Å². The van der Waals surface area contributed by atoms with Crippen LogP contribution in [0.15, 0.2) is 66.7 Å². The molecule has 5 heteroatoms. The molecule has 0 saturated carbocycles. The fourth-order valence-electron chi connectivity index (χ4n) is 4.68. The smallest absolute Gasteiger partial charge is 0.251 e. The number of carbonyl (C=O) groups excluding carboxylic acids is 1. The van der Waals surface area contributed by atoms with E-state index in [2.05, 4.69) is 53.5 Å². The molecular formula is C28H32N2O3. The van der Waals surface area contributed by atoms with Crippen LogP contribution in [0.1, 0.15) is 45.6 Å². The Morgan fingerprint density at radius 2 is 1.70 bits per heavy atom. The summed E-state index contributed by atoms with van der Waals surface area (Å²) in [6.07, 6.45) is 0.914. The van der Waals surface area contributed by atoms with E-state index in [0.717, 1.165) is 30.8 Å². The van der Waals surface area contributed by atoms with E-state index in [-0.39, 0.29) is 18.0 Å². The number of hydrogen-bond donors (Lipinski definition) is 1. The van der Waals surface area contributed by atoms with Crippen LogP contribution in [0.2, 0.25) is 0 Å². The average Bonchev–Trinajstić information content (AvgIpc) is 2.83. The van der Waals surface area contributed by atoms with Crippen LogP contribution >= 0.6 is 0 Å². The van der Waals surface area contributed by atoms with Crippen molar-refractivity contribution in [1.29, 1.82) is 0 Å². The number of rotatable bonds is 7. The molecule has 5 nitrogen and oxygen atoms in total. The van der Waals surface area contributed by atoms with E-state index in [1.807, 2.05) is 37.3 Å². The van der Waals surface area contributed by atoms with Crippen LogP contribution in [0.25, 0.3) is 0 Å². The predicted octanol–water partition coefficient (Wildman–Crippen LogP) is 4.93. The third-order valence-electron chi connectivity index (χ3n) is 6.40. The fraction of sp³-hybridized carbons (Fsp3) is 0.321. The van der Waals surface area contributed by atoms with Gasteiger partial charge < -0.3 is 14.8 Å². The molecule has 1 amide bonds. The first-order valence-electron chi connectivity index (χ1n) is 11.4.